The van der Waals surface area contributed by atoms with Crippen molar-refractivity contribution in [2.45, 2.75) is 11.0 Å². The Morgan fingerprint density at radius 2 is 1.30 bits per heavy atom. The summed E-state index contributed by atoms with van der Waals surface area (Å²) >= 11 is 0. The van der Waals surface area contributed by atoms with E-state index in [0.29, 0.717) is 13.2 Å². The van der Waals surface area contributed by atoms with E-state index in [1.54, 1.807) is 0 Å². The first-order chi connectivity index (χ1) is 13.4. The number of methoxy groups -OCH3 is 1. The average molecular weight is 490 g/mol. The standard InChI is InChI=1S/C13H6F8O7S2/c1-26-11-9-5(3-7(14)10(11)15)2-6(27-29(22,23)12(16,17)18)4-8(9)28-30(24,25)13(19,20)21/h2-4H,1H3. The average Bonchev–Trinajstić information content (AvgIpc) is 2.53. The van der Waals surface area contributed by atoms with Gasteiger partial charge >= 0.3 is 31.3 Å². The summed E-state index contributed by atoms with van der Waals surface area (Å²) in [6.45, 7) is 0. The van der Waals surface area contributed by atoms with E-state index in [9.17, 15) is 52.0 Å². The first kappa shape index (κ1) is 23.7. The number of fused-ring (bicyclic) bond motifs is 1. The Bertz CT molecular complexity index is 1200. The first-order valence-corrected chi connectivity index (χ1v) is 9.74. The van der Waals surface area contributed by atoms with E-state index in [1.807, 2.05) is 0 Å². The van der Waals surface area contributed by atoms with Crippen LogP contribution in [-0.2, 0) is 20.2 Å². The zero-order valence-electron chi connectivity index (χ0n) is 13.9. The van der Waals surface area contributed by atoms with Crippen molar-refractivity contribution in [3.05, 3.63) is 29.8 Å². The van der Waals surface area contributed by atoms with Crippen LogP contribution >= 0.6 is 0 Å². The summed E-state index contributed by atoms with van der Waals surface area (Å²) in [4.78, 5) is 0. The van der Waals surface area contributed by atoms with Crippen LogP contribution in [0.1, 0.15) is 0 Å². The number of hydrogen-bond acceptors (Lipinski definition) is 7. The molecule has 0 unspecified atom stereocenters. The highest BCUT2D eigenvalue weighted by molar-refractivity contribution is 7.88. The topological polar surface area (TPSA) is 96.0 Å². The number of alkyl halides is 6. The molecule has 17 heteroatoms. The molecule has 0 fully saturated rings. The van der Waals surface area contributed by atoms with Gasteiger partial charge in [-0.1, -0.05) is 0 Å². The fraction of sp³-hybridized carbons (Fsp3) is 0.231. The smallest absolute Gasteiger partial charge is 0.493 e. The monoisotopic (exact) mass is 490 g/mol. The van der Waals surface area contributed by atoms with Crippen LogP contribution < -0.4 is 13.1 Å². The second kappa shape index (κ2) is 7.29. The van der Waals surface area contributed by atoms with Crippen LogP contribution in [0.25, 0.3) is 10.8 Å². The first-order valence-electron chi connectivity index (χ1n) is 6.92. The normalized spacial score (nSPS) is 13.4. The molecule has 0 aromatic heterocycles. The highest BCUT2D eigenvalue weighted by atomic mass is 32.2. The predicted octanol–water partition coefficient (Wildman–Crippen LogP) is 3.58. The lowest BCUT2D eigenvalue weighted by atomic mass is 10.1. The van der Waals surface area contributed by atoms with Crippen molar-refractivity contribution < 1.29 is 65.1 Å². The molecular weight excluding hydrogens is 484 g/mol. The van der Waals surface area contributed by atoms with Gasteiger partial charge in [0.25, 0.3) is 0 Å². The van der Waals surface area contributed by atoms with Gasteiger partial charge in [0.1, 0.15) is 5.75 Å². The van der Waals surface area contributed by atoms with Crippen molar-refractivity contribution in [1.29, 1.82) is 0 Å². The summed E-state index contributed by atoms with van der Waals surface area (Å²) in [6, 6.07) is 0.527. The molecule has 0 spiro atoms. The molecule has 7 nitrogen and oxygen atoms in total. The Labute approximate surface area is 162 Å². The molecule has 0 heterocycles. The molecule has 0 bridgehead atoms. The van der Waals surface area contributed by atoms with Crippen LogP contribution in [0.4, 0.5) is 35.1 Å². The van der Waals surface area contributed by atoms with Crippen molar-refractivity contribution in [3.8, 4) is 17.2 Å². The largest absolute Gasteiger partial charge is 0.534 e. The Hall–Kier alpha value is -2.56. The van der Waals surface area contributed by atoms with Crippen LogP contribution in [0.3, 0.4) is 0 Å². The third kappa shape index (κ3) is 4.30. The van der Waals surface area contributed by atoms with Crippen LogP contribution in [0, 0.1) is 11.6 Å². The molecular formula is C13H6F8O7S2. The summed E-state index contributed by atoms with van der Waals surface area (Å²) in [5, 5.41) is -1.78. The van der Waals surface area contributed by atoms with Gasteiger partial charge < -0.3 is 13.1 Å². The van der Waals surface area contributed by atoms with E-state index in [0.717, 1.165) is 0 Å². The summed E-state index contributed by atoms with van der Waals surface area (Å²) in [6.07, 6.45) is 0. The summed E-state index contributed by atoms with van der Waals surface area (Å²) in [7, 11) is -12.1. The number of rotatable bonds is 5. The number of benzene rings is 2. The van der Waals surface area contributed by atoms with E-state index in [4.69, 9.17) is 0 Å². The zero-order chi connectivity index (χ0) is 23.3. The van der Waals surface area contributed by atoms with Crippen LogP contribution in [0.2, 0.25) is 0 Å². The van der Waals surface area contributed by atoms with Crippen molar-refractivity contribution in [2.75, 3.05) is 7.11 Å². The van der Waals surface area contributed by atoms with E-state index in [-0.39, 0.29) is 12.1 Å². The molecule has 2 rings (SSSR count). The van der Waals surface area contributed by atoms with Gasteiger partial charge in [-0.3, -0.25) is 0 Å². The van der Waals surface area contributed by atoms with Crippen molar-refractivity contribution in [2.24, 2.45) is 0 Å². The molecule has 2 aromatic carbocycles. The van der Waals surface area contributed by atoms with Gasteiger partial charge in [-0.25, -0.2) is 4.39 Å². The Morgan fingerprint density at radius 1 is 0.800 bits per heavy atom. The second-order valence-corrected chi connectivity index (χ2v) is 8.27. The van der Waals surface area contributed by atoms with Gasteiger partial charge in [0, 0.05) is 6.07 Å². The molecule has 0 N–H and O–H groups in total. The predicted molar refractivity (Wildman–Crippen MR) is 81.6 cm³/mol. The maximum atomic E-state index is 13.9. The van der Waals surface area contributed by atoms with Gasteiger partial charge in [-0.2, -0.15) is 47.6 Å². The maximum absolute atomic E-state index is 13.9. The third-order valence-corrected chi connectivity index (χ3v) is 5.15. The van der Waals surface area contributed by atoms with Crippen molar-refractivity contribution >= 4 is 31.0 Å². The van der Waals surface area contributed by atoms with E-state index >= 15 is 0 Å². The quantitative estimate of drug-likeness (QED) is 0.359. The SMILES string of the molecule is COc1c(F)c(F)cc2cc(OS(=O)(=O)C(F)(F)F)cc(OS(=O)(=O)C(F)(F)F)c12. The lowest BCUT2D eigenvalue weighted by Gasteiger charge is -2.16. The van der Waals surface area contributed by atoms with Crippen molar-refractivity contribution in [1.82, 2.24) is 0 Å². The van der Waals surface area contributed by atoms with Gasteiger partial charge in [0.2, 0.25) is 5.82 Å². The fourth-order valence-corrected chi connectivity index (χ4v) is 2.94. The van der Waals surface area contributed by atoms with Gasteiger partial charge in [-0.15, -0.1) is 0 Å². The summed E-state index contributed by atoms with van der Waals surface area (Å²) < 4.78 is 160. The minimum Gasteiger partial charge on any atom is -0.493 e. The number of ether oxygens (including phenoxy) is 1. The molecule has 0 saturated carbocycles. The highest BCUT2D eigenvalue weighted by Crippen LogP contribution is 2.42. The van der Waals surface area contributed by atoms with Gasteiger partial charge in [0.05, 0.1) is 12.5 Å². The molecule has 168 valence electrons. The van der Waals surface area contributed by atoms with Crippen LogP contribution in [0.15, 0.2) is 18.2 Å². The fourth-order valence-electron chi connectivity index (χ4n) is 2.03. The minimum absolute atomic E-state index is 0.0191. The molecule has 0 aliphatic rings. The molecule has 0 radical (unpaired) electrons. The zero-order valence-corrected chi connectivity index (χ0v) is 15.6. The molecule has 0 aliphatic heterocycles. The van der Waals surface area contributed by atoms with Crippen LogP contribution in [-0.4, -0.2) is 35.0 Å². The molecule has 2 aromatic rings. The Kier molecular flexibility index (Phi) is 5.77. The van der Waals surface area contributed by atoms with Crippen LogP contribution in [0.5, 0.6) is 17.2 Å². The lowest BCUT2D eigenvalue weighted by Crippen LogP contribution is -2.29. The highest BCUT2D eigenvalue weighted by Gasteiger charge is 2.50. The van der Waals surface area contributed by atoms with E-state index < -0.39 is 70.9 Å². The van der Waals surface area contributed by atoms with Gasteiger partial charge in [0.15, 0.2) is 17.3 Å². The Balaban J connectivity index is 2.85. The number of hydrogen-bond donors (Lipinski definition) is 0. The molecule has 0 amide bonds. The Morgan fingerprint density at radius 3 is 1.77 bits per heavy atom. The second-order valence-electron chi connectivity index (χ2n) is 5.19. The number of halogens is 8. The molecule has 30 heavy (non-hydrogen) atoms. The minimum atomic E-state index is -6.48. The van der Waals surface area contributed by atoms with Gasteiger partial charge in [-0.05, 0) is 17.5 Å². The van der Waals surface area contributed by atoms with E-state index in [1.165, 1.54) is 0 Å². The maximum Gasteiger partial charge on any atom is 0.534 e. The molecule has 0 saturated heterocycles. The lowest BCUT2D eigenvalue weighted by molar-refractivity contribution is -0.0502. The molecule has 0 atom stereocenters. The van der Waals surface area contributed by atoms with Crippen molar-refractivity contribution in [3.63, 3.8) is 0 Å². The molecule has 0 aliphatic carbocycles. The summed E-state index contributed by atoms with van der Waals surface area (Å²) in [5.74, 6) is -7.67. The van der Waals surface area contributed by atoms with E-state index in [2.05, 4.69) is 13.1 Å². The third-order valence-electron chi connectivity index (χ3n) is 3.20. The summed E-state index contributed by atoms with van der Waals surface area (Å²) in [5.41, 5.74) is -12.0.